The zero-order chi connectivity index (χ0) is 19.5. The first-order valence-electron chi connectivity index (χ1n) is 9.70. The standard InChI is InChI=1S/C21H24N4O2S/c1-2-24-20(18-9-6-14-27-18)22-25(21(24)28)15-23-12-10-17(11-13-23)19(26)16-7-4-3-5-8-16/h3-9,14,17H,2,10-13,15H2,1H3. The number of rotatable bonds is 6. The van der Waals surface area contributed by atoms with E-state index in [0.717, 1.165) is 49.6 Å². The summed E-state index contributed by atoms with van der Waals surface area (Å²) in [6, 6.07) is 13.3. The maximum atomic E-state index is 12.7. The normalized spacial score (nSPS) is 15.8. The van der Waals surface area contributed by atoms with E-state index in [4.69, 9.17) is 21.7 Å². The molecule has 0 N–H and O–H groups in total. The SMILES string of the molecule is CCn1c(-c2ccco2)nn(CN2CCC(C(=O)c3ccccc3)CC2)c1=S. The zero-order valence-corrected chi connectivity index (χ0v) is 16.8. The Morgan fingerprint density at radius 2 is 1.93 bits per heavy atom. The molecule has 0 atom stereocenters. The van der Waals surface area contributed by atoms with Crippen LogP contribution in [0.5, 0.6) is 0 Å². The Morgan fingerprint density at radius 1 is 1.18 bits per heavy atom. The topological polar surface area (TPSA) is 56.2 Å². The van der Waals surface area contributed by atoms with Gasteiger partial charge in [-0.15, -0.1) is 5.10 Å². The van der Waals surface area contributed by atoms with Crippen molar-refractivity contribution in [3.05, 3.63) is 59.1 Å². The number of Topliss-reactive ketones (excluding diaryl/α,β-unsaturated/α-hetero) is 1. The van der Waals surface area contributed by atoms with Crippen LogP contribution < -0.4 is 0 Å². The van der Waals surface area contributed by atoms with Crippen LogP contribution in [0, 0.1) is 10.7 Å². The molecule has 3 aromatic rings. The van der Waals surface area contributed by atoms with Gasteiger partial charge in [-0.2, -0.15) is 0 Å². The highest BCUT2D eigenvalue weighted by molar-refractivity contribution is 7.71. The summed E-state index contributed by atoms with van der Waals surface area (Å²) in [6.07, 6.45) is 3.37. The van der Waals surface area contributed by atoms with Gasteiger partial charge in [0.15, 0.2) is 22.1 Å². The number of ketones is 1. The summed E-state index contributed by atoms with van der Waals surface area (Å²) in [5.41, 5.74) is 0.813. The van der Waals surface area contributed by atoms with Gasteiger partial charge in [-0.1, -0.05) is 30.3 Å². The van der Waals surface area contributed by atoms with Crippen LogP contribution in [0.3, 0.4) is 0 Å². The average Bonchev–Trinajstić information content (AvgIpc) is 3.37. The average molecular weight is 397 g/mol. The first kappa shape index (κ1) is 18.8. The molecular formula is C21H24N4O2S. The zero-order valence-electron chi connectivity index (χ0n) is 16.0. The lowest BCUT2D eigenvalue weighted by Crippen LogP contribution is -2.37. The van der Waals surface area contributed by atoms with Crippen molar-refractivity contribution < 1.29 is 9.21 Å². The van der Waals surface area contributed by atoms with Gasteiger partial charge >= 0.3 is 0 Å². The van der Waals surface area contributed by atoms with Gasteiger partial charge in [0.1, 0.15) is 0 Å². The number of carbonyl (C=O) groups excluding carboxylic acids is 1. The minimum Gasteiger partial charge on any atom is -0.461 e. The first-order valence-corrected chi connectivity index (χ1v) is 10.1. The van der Waals surface area contributed by atoms with Crippen molar-refractivity contribution in [2.24, 2.45) is 5.92 Å². The molecular weight excluding hydrogens is 372 g/mol. The van der Waals surface area contributed by atoms with Crippen molar-refractivity contribution in [3.63, 3.8) is 0 Å². The second-order valence-electron chi connectivity index (χ2n) is 7.09. The molecule has 1 aromatic carbocycles. The Bertz CT molecular complexity index is 983. The van der Waals surface area contributed by atoms with Gasteiger partial charge in [-0.05, 0) is 44.1 Å². The van der Waals surface area contributed by atoms with E-state index in [1.165, 1.54) is 0 Å². The Morgan fingerprint density at radius 3 is 2.57 bits per heavy atom. The molecule has 0 spiro atoms. The van der Waals surface area contributed by atoms with Crippen LogP contribution in [-0.2, 0) is 13.2 Å². The van der Waals surface area contributed by atoms with Crippen molar-refractivity contribution in [2.75, 3.05) is 13.1 Å². The fraction of sp³-hybridized carbons (Fsp3) is 0.381. The molecule has 0 radical (unpaired) electrons. The third-order valence-corrected chi connectivity index (χ3v) is 5.76. The van der Waals surface area contributed by atoms with Crippen LogP contribution in [-0.4, -0.2) is 38.1 Å². The van der Waals surface area contributed by atoms with E-state index in [1.807, 2.05) is 51.7 Å². The van der Waals surface area contributed by atoms with Gasteiger partial charge in [-0.25, -0.2) is 4.68 Å². The van der Waals surface area contributed by atoms with E-state index in [1.54, 1.807) is 6.26 Å². The largest absolute Gasteiger partial charge is 0.461 e. The maximum Gasteiger partial charge on any atom is 0.199 e. The van der Waals surface area contributed by atoms with Gasteiger partial charge < -0.3 is 4.42 Å². The van der Waals surface area contributed by atoms with E-state index in [2.05, 4.69) is 11.8 Å². The molecule has 0 unspecified atom stereocenters. The molecule has 0 saturated carbocycles. The predicted octanol–water partition coefficient (Wildman–Crippen LogP) is 4.25. The van der Waals surface area contributed by atoms with Crippen molar-refractivity contribution in [2.45, 2.75) is 33.0 Å². The van der Waals surface area contributed by atoms with E-state index in [0.29, 0.717) is 11.4 Å². The lowest BCUT2D eigenvalue weighted by molar-refractivity contribution is 0.0803. The highest BCUT2D eigenvalue weighted by Crippen LogP contribution is 2.23. The highest BCUT2D eigenvalue weighted by Gasteiger charge is 2.26. The minimum atomic E-state index is 0.0958. The van der Waals surface area contributed by atoms with Gasteiger partial charge in [0.2, 0.25) is 0 Å². The molecule has 1 aliphatic rings. The van der Waals surface area contributed by atoms with Gasteiger partial charge in [-0.3, -0.25) is 14.3 Å². The lowest BCUT2D eigenvalue weighted by atomic mass is 9.89. The number of nitrogens with zero attached hydrogens (tertiary/aromatic N) is 4. The number of hydrogen-bond acceptors (Lipinski definition) is 5. The molecule has 1 saturated heterocycles. The maximum absolute atomic E-state index is 12.7. The number of piperidine rings is 1. The molecule has 3 heterocycles. The molecule has 6 nitrogen and oxygen atoms in total. The number of aromatic nitrogens is 3. The molecule has 0 bridgehead atoms. The second-order valence-corrected chi connectivity index (χ2v) is 7.46. The fourth-order valence-electron chi connectivity index (χ4n) is 3.77. The number of benzene rings is 1. The fourth-order valence-corrected chi connectivity index (χ4v) is 4.08. The van der Waals surface area contributed by atoms with E-state index >= 15 is 0 Å². The monoisotopic (exact) mass is 396 g/mol. The third kappa shape index (κ3) is 3.72. The number of furan rings is 1. The summed E-state index contributed by atoms with van der Waals surface area (Å²) in [7, 11) is 0. The van der Waals surface area contributed by atoms with Crippen molar-refractivity contribution in [1.82, 2.24) is 19.2 Å². The predicted molar refractivity (Wildman–Crippen MR) is 109 cm³/mol. The lowest BCUT2D eigenvalue weighted by Gasteiger charge is -2.30. The van der Waals surface area contributed by atoms with Gasteiger partial charge in [0, 0.05) is 31.1 Å². The van der Waals surface area contributed by atoms with Crippen LogP contribution in [0.25, 0.3) is 11.6 Å². The van der Waals surface area contributed by atoms with Crippen molar-refractivity contribution in [3.8, 4) is 11.6 Å². The quantitative estimate of drug-likeness (QED) is 0.461. The molecule has 2 aromatic heterocycles. The molecule has 1 fully saturated rings. The number of carbonyl (C=O) groups is 1. The summed E-state index contributed by atoms with van der Waals surface area (Å²) in [6.45, 7) is 5.14. The van der Waals surface area contributed by atoms with Crippen LogP contribution >= 0.6 is 12.2 Å². The van der Waals surface area contributed by atoms with Crippen molar-refractivity contribution >= 4 is 18.0 Å². The summed E-state index contributed by atoms with van der Waals surface area (Å²) in [4.78, 5) is 15.0. The first-order chi connectivity index (χ1) is 13.7. The number of likely N-dealkylation sites (tertiary alicyclic amines) is 1. The molecule has 7 heteroatoms. The van der Waals surface area contributed by atoms with Crippen molar-refractivity contribution in [1.29, 1.82) is 0 Å². The van der Waals surface area contributed by atoms with Gasteiger partial charge in [0.05, 0.1) is 12.9 Å². The Hall–Kier alpha value is -2.51. The Balaban J connectivity index is 1.43. The smallest absolute Gasteiger partial charge is 0.199 e. The van der Waals surface area contributed by atoms with Gasteiger partial charge in [0.25, 0.3) is 0 Å². The highest BCUT2D eigenvalue weighted by atomic mass is 32.1. The number of hydrogen-bond donors (Lipinski definition) is 0. The van der Waals surface area contributed by atoms with Crippen LogP contribution in [0.15, 0.2) is 53.1 Å². The minimum absolute atomic E-state index is 0.0958. The third-order valence-electron chi connectivity index (χ3n) is 5.33. The summed E-state index contributed by atoms with van der Waals surface area (Å²) in [5, 5.41) is 4.69. The van der Waals surface area contributed by atoms with Crippen LogP contribution in [0.4, 0.5) is 0 Å². The molecule has 4 rings (SSSR count). The summed E-state index contributed by atoms with van der Waals surface area (Å²) >= 11 is 5.62. The molecule has 0 amide bonds. The molecule has 0 aliphatic carbocycles. The summed E-state index contributed by atoms with van der Waals surface area (Å²) < 4.78 is 10.0. The van der Waals surface area contributed by atoms with Crippen LogP contribution in [0.2, 0.25) is 0 Å². The van der Waals surface area contributed by atoms with E-state index < -0.39 is 0 Å². The second kappa shape index (κ2) is 8.24. The van der Waals surface area contributed by atoms with E-state index in [9.17, 15) is 4.79 Å². The molecule has 146 valence electrons. The molecule has 1 aliphatic heterocycles. The summed E-state index contributed by atoms with van der Waals surface area (Å²) in [5.74, 6) is 1.83. The van der Waals surface area contributed by atoms with Crippen LogP contribution in [0.1, 0.15) is 30.1 Å². The Labute approximate surface area is 169 Å². The Kier molecular flexibility index (Phi) is 5.54. The van der Waals surface area contributed by atoms with E-state index in [-0.39, 0.29) is 11.7 Å². The molecule has 28 heavy (non-hydrogen) atoms.